The molecule has 3 aliphatic rings. The van der Waals surface area contributed by atoms with Gasteiger partial charge in [-0.3, -0.25) is 14.4 Å². The summed E-state index contributed by atoms with van der Waals surface area (Å²) in [5.41, 5.74) is 3.55. The lowest BCUT2D eigenvalue weighted by Crippen LogP contribution is -2.38. The van der Waals surface area contributed by atoms with Gasteiger partial charge in [0, 0.05) is 30.7 Å². The maximum absolute atomic E-state index is 13.3. The molecular formula is C31H40N4O4S. The third kappa shape index (κ3) is 5.86. The molecule has 2 N–H and O–H groups in total. The molecule has 8 nitrogen and oxygen atoms in total. The zero-order valence-corrected chi connectivity index (χ0v) is 23.9. The third-order valence-electron chi connectivity index (χ3n) is 8.78. The van der Waals surface area contributed by atoms with Crippen LogP contribution in [0.2, 0.25) is 0 Å². The molecule has 1 saturated heterocycles. The van der Waals surface area contributed by atoms with Crippen LogP contribution in [-0.4, -0.2) is 55.3 Å². The standard InChI is InChI=1S/C31H40N4O4S/c36-30(29-27-9-4-5-10-28(27)35-17-6-20-39-31(29)35)32-21-23-15-18-34(19-16-23)22-24-11-13-25(14-12-24)33-40(37,38)26-7-2-1-3-8-26/h4-5,9-14,23,26,33H,1-3,6-8,15-22H2,(H,32,36). The molecule has 3 aromatic rings. The van der Waals surface area contributed by atoms with Gasteiger partial charge in [-0.25, -0.2) is 8.42 Å². The fourth-order valence-electron chi connectivity index (χ4n) is 6.50. The quantitative estimate of drug-likeness (QED) is 0.395. The molecule has 2 aromatic carbocycles. The molecule has 9 heteroatoms. The minimum absolute atomic E-state index is 0.0477. The molecule has 1 aromatic heterocycles. The van der Waals surface area contributed by atoms with E-state index in [1.807, 2.05) is 42.5 Å². The number of ether oxygens (including phenoxy) is 1. The van der Waals surface area contributed by atoms with E-state index >= 15 is 0 Å². The van der Waals surface area contributed by atoms with Crippen LogP contribution >= 0.6 is 0 Å². The van der Waals surface area contributed by atoms with Gasteiger partial charge in [0.2, 0.25) is 15.9 Å². The number of hydrogen-bond acceptors (Lipinski definition) is 5. The molecule has 40 heavy (non-hydrogen) atoms. The molecule has 0 spiro atoms. The van der Waals surface area contributed by atoms with Crippen LogP contribution in [0.15, 0.2) is 48.5 Å². The highest BCUT2D eigenvalue weighted by Crippen LogP contribution is 2.34. The van der Waals surface area contributed by atoms with Gasteiger partial charge < -0.3 is 14.6 Å². The van der Waals surface area contributed by atoms with Crippen molar-refractivity contribution in [2.24, 2.45) is 5.92 Å². The van der Waals surface area contributed by atoms with Crippen molar-refractivity contribution in [1.29, 1.82) is 0 Å². The van der Waals surface area contributed by atoms with Gasteiger partial charge in [0.15, 0.2) is 0 Å². The Kier molecular flexibility index (Phi) is 8.03. The summed E-state index contributed by atoms with van der Waals surface area (Å²) in [6.45, 7) is 4.99. The Morgan fingerprint density at radius 1 is 0.900 bits per heavy atom. The highest BCUT2D eigenvalue weighted by Gasteiger charge is 2.28. The van der Waals surface area contributed by atoms with Crippen LogP contribution in [0, 0.1) is 5.92 Å². The van der Waals surface area contributed by atoms with E-state index < -0.39 is 10.0 Å². The monoisotopic (exact) mass is 564 g/mol. The highest BCUT2D eigenvalue weighted by atomic mass is 32.2. The second kappa shape index (κ2) is 11.8. The Morgan fingerprint density at radius 3 is 2.42 bits per heavy atom. The van der Waals surface area contributed by atoms with E-state index in [0.717, 1.165) is 88.4 Å². The molecule has 214 valence electrons. The van der Waals surface area contributed by atoms with E-state index in [4.69, 9.17) is 4.74 Å². The summed E-state index contributed by atoms with van der Waals surface area (Å²) in [6, 6.07) is 15.9. The number of carbonyl (C=O) groups excluding carboxylic acids is 1. The Balaban J connectivity index is 0.986. The number of aromatic nitrogens is 1. The van der Waals surface area contributed by atoms with Crippen molar-refractivity contribution in [3.8, 4) is 5.88 Å². The van der Waals surface area contributed by atoms with Crippen LogP contribution in [0.3, 0.4) is 0 Å². The third-order valence-corrected chi connectivity index (χ3v) is 10.7. The lowest BCUT2D eigenvalue weighted by Gasteiger charge is -2.32. The predicted molar refractivity (Wildman–Crippen MR) is 158 cm³/mol. The second-order valence-electron chi connectivity index (χ2n) is 11.6. The zero-order valence-electron chi connectivity index (χ0n) is 23.1. The summed E-state index contributed by atoms with van der Waals surface area (Å²) in [7, 11) is -3.32. The van der Waals surface area contributed by atoms with E-state index in [0.29, 0.717) is 36.2 Å². The van der Waals surface area contributed by atoms with Crippen molar-refractivity contribution >= 4 is 32.5 Å². The largest absolute Gasteiger partial charge is 0.478 e. The summed E-state index contributed by atoms with van der Waals surface area (Å²) in [6.07, 6.45) is 7.66. The minimum Gasteiger partial charge on any atom is -0.478 e. The van der Waals surface area contributed by atoms with Crippen molar-refractivity contribution < 1.29 is 17.9 Å². The predicted octanol–water partition coefficient (Wildman–Crippen LogP) is 5.14. The van der Waals surface area contributed by atoms with Gasteiger partial charge in [0.1, 0.15) is 5.56 Å². The lowest BCUT2D eigenvalue weighted by molar-refractivity contribution is 0.0930. The van der Waals surface area contributed by atoms with E-state index in [-0.39, 0.29) is 11.2 Å². The van der Waals surface area contributed by atoms with Crippen LogP contribution in [0.25, 0.3) is 10.9 Å². The van der Waals surface area contributed by atoms with E-state index in [1.165, 1.54) is 5.56 Å². The number of fused-ring (bicyclic) bond motifs is 3. The van der Waals surface area contributed by atoms with Crippen LogP contribution < -0.4 is 14.8 Å². The molecule has 2 fully saturated rings. The van der Waals surface area contributed by atoms with Crippen LogP contribution in [-0.2, 0) is 23.1 Å². The van der Waals surface area contributed by atoms with Gasteiger partial charge in [0.05, 0.1) is 17.4 Å². The maximum atomic E-state index is 13.3. The molecule has 0 bridgehead atoms. The average Bonchev–Trinajstić information content (AvgIpc) is 3.33. The summed E-state index contributed by atoms with van der Waals surface area (Å²) in [5.74, 6) is 1.10. The molecule has 6 rings (SSSR count). The van der Waals surface area contributed by atoms with Gasteiger partial charge in [-0.2, -0.15) is 0 Å². The topological polar surface area (TPSA) is 92.7 Å². The van der Waals surface area contributed by atoms with Crippen molar-refractivity contribution in [1.82, 2.24) is 14.8 Å². The number of amides is 1. The maximum Gasteiger partial charge on any atom is 0.257 e. The number of anilines is 1. The Hall–Kier alpha value is -3.04. The SMILES string of the molecule is O=C(NCC1CCN(Cc2ccc(NS(=O)(=O)C3CCCCC3)cc2)CC1)c1c2n(c3ccccc13)CCCO2. The van der Waals surface area contributed by atoms with Gasteiger partial charge in [0.25, 0.3) is 5.91 Å². The van der Waals surface area contributed by atoms with E-state index in [9.17, 15) is 13.2 Å². The number of aryl methyl sites for hydroxylation is 1. The first-order valence-corrected chi connectivity index (χ1v) is 16.4. The average molecular weight is 565 g/mol. The lowest BCUT2D eigenvalue weighted by atomic mass is 9.96. The minimum atomic E-state index is -3.32. The highest BCUT2D eigenvalue weighted by molar-refractivity contribution is 7.93. The number of likely N-dealkylation sites (tertiary alicyclic amines) is 1. The summed E-state index contributed by atoms with van der Waals surface area (Å²) >= 11 is 0. The number of rotatable bonds is 8. The summed E-state index contributed by atoms with van der Waals surface area (Å²) in [4.78, 5) is 15.7. The number of nitrogens with one attached hydrogen (secondary N) is 2. The fourth-order valence-corrected chi connectivity index (χ4v) is 8.08. The molecule has 0 radical (unpaired) electrons. The molecule has 3 heterocycles. The zero-order chi connectivity index (χ0) is 27.5. The number of hydrogen-bond donors (Lipinski definition) is 2. The van der Waals surface area contributed by atoms with Gasteiger partial charge in [-0.1, -0.05) is 49.6 Å². The first-order valence-electron chi connectivity index (χ1n) is 14.8. The van der Waals surface area contributed by atoms with Crippen molar-refractivity contribution in [2.45, 2.75) is 69.7 Å². The van der Waals surface area contributed by atoms with E-state index in [2.05, 4.69) is 25.6 Å². The summed E-state index contributed by atoms with van der Waals surface area (Å²) in [5, 5.41) is 3.89. The first-order chi connectivity index (χ1) is 19.5. The van der Waals surface area contributed by atoms with Crippen LogP contribution in [0.4, 0.5) is 5.69 Å². The Bertz CT molecular complexity index is 1440. The number of nitrogens with zero attached hydrogens (tertiary/aromatic N) is 2. The van der Waals surface area contributed by atoms with Crippen molar-refractivity contribution in [3.63, 3.8) is 0 Å². The molecule has 1 amide bonds. The number of carbonyl (C=O) groups is 1. The first kappa shape index (κ1) is 27.1. The number of sulfonamides is 1. The van der Waals surface area contributed by atoms with Gasteiger partial charge in [-0.05, 0) is 74.9 Å². The number of para-hydroxylation sites is 1. The second-order valence-corrected chi connectivity index (χ2v) is 13.5. The van der Waals surface area contributed by atoms with Gasteiger partial charge >= 0.3 is 0 Å². The molecule has 0 unspecified atom stereocenters. The van der Waals surface area contributed by atoms with Crippen molar-refractivity contribution in [2.75, 3.05) is 31.0 Å². The smallest absolute Gasteiger partial charge is 0.257 e. The fraction of sp³-hybridized carbons (Fsp3) is 0.516. The Morgan fingerprint density at radius 2 is 1.65 bits per heavy atom. The van der Waals surface area contributed by atoms with Crippen LogP contribution in [0.1, 0.15) is 67.3 Å². The molecule has 1 aliphatic carbocycles. The summed E-state index contributed by atoms with van der Waals surface area (Å²) < 4.78 is 36.3. The van der Waals surface area contributed by atoms with Crippen molar-refractivity contribution in [3.05, 3.63) is 59.7 Å². The molecular weight excluding hydrogens is 524 g/mol. The van der Waals surface area contributed by atoms with Crippen LogP contribution in [0.5, 0.6) is 5.88 Å². The number of benzene rings is 2. The molecule has 2 aliphatic heterocycles. The Labute approximate surface area is 237 Å². The molecule has 1 saturated carbocycles. The van der Waals surface area contributed by atoms with E-state index in [1.54, 1.807) is 0 Å². The van der Waals surface area contributed by atoms with Gasteiger partial charge in [-0.15, -0.1) is 0 Å². The normalized spacial score (nSPS) is 19.2. The molecule has 0 atom stereocenters. The number of piperidine rings is 1.